The van der Waals surface area contributed by atoms with Gasteiger partial charge in [0, 0.05) is 31.1 Å². The second-order valence-electron chi connectivity index (χ2n) is 7.25. The summed E-state index contributed by atoms with van der Waals surface area (Å²) in [5.41, 5.74) is 2.33. The lowest BCUT2D eigenvalue weighted by Gasteiger charge is -2.14. The summed E-state index contributed by atoms with van der Waals surface area (Å²) < 4.78 is 12.7. The highest BCUT2D eigenvalue weighted by Crippen LogP contribution is 2.16. The highest BCUT2D eigenvalue weighted by atomic mass is 16.5. The normalized spacial score (nSPS) is 11.8. The van der Waals surface area contributed by atoms with Crippen molar-refractivity contribution in [2.75, 3.05) is 13.2 Å². The summed E-state index contributed by atoms with van der Waals surface area (Å²) in [6, 6.07) is 18.4. The van der Waals surface area contributed by atoms with Crippen LogP contribution in [-0.4, -0.2) is 39.9 Å². The monoisotopic (exact) mass is 436 g/mol. The van der Waals surface area contributed by atoms with E-state index in [2.05, 4.69) is 4.98 Å². The van der Waals surface area contributed by atoms with Gasteiger partial charge in [0.1, 0.15) is 18.2 Å². The summed E-state index contributed by atoms with van der Waals surface area (Å²) >= 11 is 0. The van der Waals surface area contributed by atoms with Crippen molar-refractivity contribution in [3.05, 3.63) is 82.4 Å². The molecule has 0 radical (unpaired) electrons. The minimum absolute atomic E-state index is 0.106. The van der Waals surface area contributed by atoms with Gasteiger partial charge in [-0.15, -0.1) is 0 Å². The van der Waals surface area contributed by atoms with Crippen LogP contribution >= 0.6 is 0 Å². The van der Waals surface area contributed by atoms with Crippen molar-refractivity contribution >= 4 is 5.97 Å². The summed E-state index contributed by atoms with van der Waals surface area (Å²) in [5.74, 6) is 0.388. The predicted molar refractivity (Wildman–Crippen MR) is 122 cm³/mol. The molecule has 0 aliphatic rings. The average Bonchev–Trinajstić information content (AvgIpc) is 2.81. The standard InChI is InChI=1S/C25H28N2O5/c1-3-23-26-21(19-8-6-5-7-9-19)17-24(28)27(23)14-15-32-20-12-10-18(11-13-20)16-22(25(29)30)31-4-2/h5-13,17,22H,3-4,14-16H2,1-2H3,(H,29,30)/t22-/m0/s1. The summed E-state index contributed by atoms with van der Waals surface area (Å²) in [6.07, 6.45) is 0.0605. The number of ether oxygens (including phenoxy) is 2. The lowest BCUT2D eigenvalue weighted by molar-refractivity contribution is -0.149. The van der Waals surface area contributed by atoms with Crippen LogP contribution in [-0.2, 0) is 28.9 Å². The molecule has 0 saturated heterocycles. The van der Waals surface area contributed by atoms with E-state index in [4.69, 9.17) is 9.47 Å². The van der Waals surface area contributed by atoms with E-state index in [-0.39, 0.29) is 12.0 Å². The number of rotatable bonds is 11. The highest BCUT2D eigenvalue weighted by Gasteiger charge is 2.17. The molecule has 1 aromatic heterocycles. The largest absolute Gasteiger partial charge is 0.492 e. The number of aromatic nitrogens is 2. The second-order valence-corrected chi connectivity index (χ2v) is 7.25. The van der Waals surface area contributed by atoms with Gasteiger partial charge in [0.05, 0.1) is 12.2 Å². The number of hydrogen-bond acceptors (Lipinski definition) is 5. The number of carboxylic acids is 1. The number of nitrogens with zero attached hydrogens (tertiary/aromatic N) is 2. The minimum Gasteiger partial charge on any atom is -0.492 e. The number of hydrogen-bond donors (Lipinski definition) is 1. The minimum atomic E-state index is -0.976. The van der Waals surface area contributed by atoms with Crippen molar-refractivity contribution < 1.29 is 19.4 Å². The molecular weight excluding hydrogens is 408 g/mol. The van der Waals surface area contributed by atoms with Gasteiger partial charge in [0.15, 0.2) is 6.10 Å². The zero-order valence-corrected chi connectivity index (χ0v) is 18.4. The fourth-order valence-corrected chi connectivity index (χ4v) is 3.43. The first-order valence-electron chi connectivity index (χ1n) is 10.7. The summed E-state index contributed by atoms with van der Waals surface area (Å²) in [6.45, 7) is 4.79. The molecule has 2 aromatic carbocycles. The topological polar surface area (TPSA) is 90.7 Å². The molecule has 3 rings (SSSR count). The Morgan fingerprint density at radius 2 is 1.81 bits per heavy atom. The molecule has 7 heteroatoms. The molecule has 3 aromatic rings. The lowest BCUT2D eigenvalue weighted by atomic mass is 10.1. The van der Waals surface area contributed by atoms with E-state index in [9.17, 15) is 14.7 Å². The third-order valence-corrected chi connectivity index (χ3v) is 5.04. The molecule has 1 N–H and O–H groups in total. The maximum absolute atomic E-state index is 12.7. The fraction of sp³-hybridized carbons (Fsp3) is 0.320. The number of benzene rings is 2. The van der Waals surface area contributed by atoms with Crippen molar-refractivity contribution in [2.45, 2.75) is 39.3 Å². The smallest absolute Gasteiger partial charge is 0.333 e. The molecule has 0 bridgehead atoms. The van der Waals surface area contributed by atoms with E-state index in [0.717, 1.165) is 11.1 Å². The van der Waals surface area contributed by atoms with Gasteiger partial charge in [-0.3, -0.25) is 9.36 Å². The summed E-state index contributed by atoms with van der Waals surface area (Å²) in [7, 11) is 0. The van der Waals surface area contributed by atoms with E-state index >= 15 is 0 Å². The Morgan fingerprint density at radius 3 is 2.44 bits per heavy atom. The quantitative estimate of drug-likeness (QED) is 0.494. The molecule has 1 atom stereocenters. The molecule has 0 amide bonds. The van der Waals surface area contributed by atoms with Crippen LogP contribution in [0, 0.1) is 0 Å². The van der Waals surface area contributed by atoms with Crippen LogP contribution in [0.5, 0.6) is 5.75 Å². The summed E-state index contributed by atoms with van der Waals surface area (Å²) in [4.78, 5) is 28.6. The first-order valence-corrected chi connectivity index (χ1v) is 10.7. The Bertz CT molecular complexity index is 1080. The van der Waals surface area contributed by atoms with Gasteiger partial charge in [-0.05, 0) is 24.6 Å². The summed E-state index contributed by atoms with van der Waals surface area (Å²) in [5, 5.41) is 9.21. The Balaban J connectivity index is 1.62. The van der Waals surface area contributed by atoms with Crippen LogP contribution in [0.4, 0.5) is 0 Å². The molecular formula is C25H28N2O5. The molecule has 0 saturated carbocycles. The molecule has 7 nitrogen and oxygen atoms in total. The molecule has 32 heavy (non-hydrogen) atoms. The second kappa shape index (κ2) is 11.2. The Hall–Kier alpha value is -3.45. The third-order valence-electron chi connectivity index (χ3n) is 5.04. The van der Waals surface area contributed by atoms with Crippen molar-refractivity contribution in [1.29, 1.82) is 0 Å². The van der Waals surface area contributed by atoms with E-state index in [1.807, 2.05) is 49.4 Å². The number of aryl methyl sites for hydroxylation is 1. The molecule has 0 aliphatic carbocycles. The van der Waals surface area contributed by atoms with Crippen molar-refractivity contribution in [1.82, 2.24) is 9.55 Å². The Labute approximate surface area is 187 Å². The van der Waals surface area contributed by atoms with Crippen LogP contribution in [0.25, 0.3) is 11.3 Å². The van der Waals surface area contributed by atoms with Gasteiger partial charge < -0.3 is 14.6 Å². The average molecular weight is 437 g/mol. The first-order chi connectivity index (χ1) is 15.5. The van der Waals surface area contributed by atoms with Crippen LogP contribution in [0.3, 0.4) is 0 Å². The molecule has 0 spiro atoms. The van der Waals surface area contributed by atoms with Gasteiger partial charge in [0.2, 0.25) is 0 Å². The van der Waals surface area contributed by atoms with E-state index in [0.29, 0.717) is 43.4 Å². The molecule has 0 unspecified atom stereocenters. The van der Waals surface area contributed by atoms with Crippen LogP contribution < -0.4 is 10.3 Å². The maximum Gasteiger partial charge on any atom is 0.333 e. The molecule has 1 heterocycles. The van der Waals surface area contributed by atoms with E-state index in [1.54, 1.807) is 29.7 Å². The number of carboxylic acid groups (broad SMARTS) is 1. The molecule has 0 fully saturated rings. The Kier molecular flexibility index (Phi) is 8.16. The third kappa shape index (κ3) is 6.04. The zero-order chi connectivity index (χ0) is 22.9. The molecule has 168 valence electrons. The van der Waals surface area contributed by atoms with E-state index < -0.39 is 12.1 Å². The highest BCUT2D eigenvalue weighted by molar-refractivity contribution is 5.72. The van der Waals surface area contributed by atoms with Crippen LogP contribution in [0.2, 0.25) is 0 Å². The van der Waals surface area contributed by atoms with Crippen molar-refractivity contribution in [3.63, 3.8) is 0 Å². The van der Waals surface area contributed by atoms with Gasteiger partial charge in [0.25, 0.3) is 5.56 Å². The zero-order valence-electron chi connectivity index (χ0n) is 18.4. The van der Waals surface area contributed by atoms with Gasteiger partial charge >= 0.3 is 5.97 Å². The van der Waals surface area contributed by atoms with Crippen molar-refractivity contribution in [3.8, 4) is 17.0 Å². The predicted octanol–water partition coefficient (Wildman–Crippen LogP) is 3.58. The van der Waals surface area contributed by atoms with Gasteiger partial charge in [-0.25, -0.2) is 9.78 Å². The van der Waals surface area contributed by atoms with Crippen LogP contribution in [0.1, 0.15) is 25.2 Å². The molecule has 0 aliphatic heterocycles. The lowest BCUT2D eigenvalue weighted by Crippen LogP contribution is -2.27. The maximum atomic E-state index is 12.7. The Morgan fingerprint density at radius 1 is 1.09 bits per heavy atom. The van der Waals surface area contributed by atoms with E-state index in [1.165, 1.54) is 0 Å². The first kappa shape index (κ1) is 23.2. The fourth-order valence-electron chi connectivity index (χ4n) is 3.43. The van der Waals surface area contributed by atoms with Gasteiger partial charge in [-0.2, -0.15) is 0 Å². The number of carbonyl (C=O) groups is 1. The van der Waals surface area contributed by atoms with Crippen molar-refractivity contribution in [2.24, 2.45) is 0 Å². The van der Waals surface area contributed by atoms with Gasteiger partial charge in [-0.1, -0.05) is 49.4 Å². The SMILES string of the molecule is CCO[C@@H](Cc1ccc(OCCn2c(CC)nc(-c3ccccc3)cc2=O)cc1)C(=O)O. The van der Waals surface area contributed by atoms with Crippen LogP contribution in [0.15, 0.2) is 65.5 Å². The number of aliphatic carboxylic acids is 1.